The smallest absolute Gasteiger partial charge is 0.336 e. The van der Waals surface area contributed by atoms with Gasteiger partial charge in [0.2, 0.25) is 5.88 Å². The highest BCUT2D eigenvalue weighted by molar-refractivity contribution is 5.96. The predicted molar refractivity (Wildman–Crippen MR) is 122 cm³/mol. The average molecular weight is 434 g/mol. The van der Waals surface area contributed by atoms with Crippen LogP contribution in [0.25, 0.3) is 11.1 Å². The molecule has 2 heterocycles. The molecule has 0 bridgehead atoms. The second-order valence-electron chi connectivity index (χ2n) is 7.92. The molecule has 0 saturated carbocycles. The number of nitrogens with zero attached hydrogens (tertiary/aromatic N) is 2. The van der Waals surface area contributed by atoms with Crippen LogP contribution in [0.5, 0.6) is 11.6 Å². The van der Waals surface area contributed by atoms with Crippen LogP contribution in [-0.2, 0) is 12.8 Å². The van der Waals surface area contributed by atoms with Gasteiger partial charge in [-0.1, -0.05) is 31.6 Å². The Morgan fingerprint density at radius 2 is 1.91 bits per heavy atom. The number of aromatic nitrogens is 2. The zero-order chi connectivity index (χ0) is 22.5. The first-order chi connectivity index (χ1) is 15.5. The quantitative estimate of drug-likeness (QED) is 0.478. The van der Waals surface area contributed by atoms with E-state index in [-0.39, 0.29) is 5.92 Å². The lowest BCUT2D eigenvalue weighted by atomic mass is 9.98. The average Bonchev–Trinajstić information content (AvgIpc) is 3.29. The molecule has 0 fully saturated rings. The fourth-order valence-corrected chi connectivity index (χ4v) is 3.82. The predicted octanol–water partition coefficient (Wildman–Crippen LogP) is 4.38. The number of carbonyl (C=O) groups is 1. The van der Waals surface area contributed by atoms with Gasteiger partial charge in [-0.05, 0) is 47.9 Å². The van der Waals surface area contributed by atoms with E-state index >= 15 is 0 Å². The van der Waals surface area contributed by atoms with Crippen molar-refractivity contribution in [2.75, 3.05) is 12.4 Å². The molecule has 166 valence electrons. The van der Waals surface area contributed by atoms with E-state index in [4.69, 9.17) is 9.57 Å². The minimum atomic E-state index is -0.425. The topological polar surface area (TPSA) is 97.4 Å². The molecule has 0 unspecified atom stereocenters. The van der Waals surface area contributed by atoms with Crippen LogP contribution < -0.4 is 25.9 Å². The Labute approximate surface area is 187 Å². The number of ether oxygens (including phenoxy) is 1. The van der Waals surface area contributed by atoms with Gasteiger partial charge in [0.15, 0.2) is 5.75 Å². The second kappa shape index (κ2) is 9.65. The Hall–Kier alpha value is -3.65. The number of amides is 2. The fraction of sp³-hybridized carbons (Fsp3) is 0.292. The molecule has 3 N–H and O–H groups in total. The third-order valence-corrected chi connectivity index (χ3v) is 5.45. The number of benzene rings is 1. The summed E-state index contributed by atoms with van der Waals surface area (Å²) < 4.78 is 5.27. The molecule has 0 saturated heterocycles. The number of carbonyl (C=O) groups excluding carboxylic acids is 1. The lowest BCUT2D eigenvalue weighted by molar-refractivity contribution is 0.155. The molecule has 8 heteroatoms. The van der Waals surface area contributed by atoms with Gasteiger partial charge >= 0.3 is 6.03 Å². The van der Waals surface area contributed by atoms with Gasteiger partial charge in [-0.2, -0.15) is 0 Å². The van der Waals surface area contributed by atoms with E-state index in [2.05, 4.69) is 46.2 Å². The number of rotatable bonds is 7. The molecule has 3 aromatic rings. The molecule has 4 rings (SSSR count). The first kappa shape index (κ1) is 21.6. The highest BCUT2D eigenvalue weighted by Crippen LogP contribution is 2.38. The molecule has 2 aromatic heterocycles. The van der Waals surface area contributed by atoms with Crippen molar-refractivity contribution < 1.29 is 14.4 Å². The van der Waals surface area contributed by atoms with Gasteiger partial charge < -0.3 is 14.9 Å². The molecule has 0 aliphatic heterocycles. The van der Waals surface area contributed by atoms with Crippen molar-refractivity contribution in [2.45, 2.75) is 39.0 Å². The van der Waals surface area contributed by atoms with Gasteiger partial charge in [-0.25, -0.2) is 15.2 Å². The third-order valence-electron chi connectivity index (χ3n) is 5.45. The molecule has 0 radical (unpaired) electrons. The molecule has 0 atom stereocenters. The lowest BCUT2D eigenvalue weighted by Crippen LogP contribution is -2.42. The van der Waals surface area contributed by atoms with Gasteiger partial charge in [-0.15, -0.1) is 0 Å². The summed E-state index contributed by atoms with van der Waals surface area (Å²) in [6.45, 7) is 4.11. The van der Waals surface area contributed by atoms with Crippen molar-refractivity contribution in [1.29, 1.82) is 0 Å². The van der Waals surface area contributed by atoms with Crippen LogP contribution >= 0.6 is 0 Å². The van der Waals surface area contributed by atoms with Crippen LogP contribution in [0.4, 0.5) is 10.5 Å². The Kier molecular flexibility index (Phi) is 6.51. The maximum atomic E-state index is 12.7. The summed E-state index contributed by atoms with van der Waals surface area (Å²) in [7, 11) is 1.58. The lowest BCUT2D eigenvalue weighted by Gasteiger charge is -2.17. The summed E-state index contributed by atoms with van der Waals surface area (Å²) in [4.78, 5) is 26.6. The SMILES string of the molecule is COc1cc(-c2ccc3c(c2NC(=O)NNOc2ccnc(C(C)C)c2)CCC3)ccn1. The van der Waals surface area contributed by atoms with Crippen LogP contribution in [0.2, 0.25) is 0 Å². The fourth-order valence-electron chi connectivity index (χ4n) is 3.82. The van der Waals surface area contributed by atoms with Crippen molar-refractivity contribution in [3.63, 3.8) is 0 Å². The minimum absolute atomic E-state index is 0.278. The highest BCUT2D eigenvalue weighted by Gasteiger charge is 2.20. The number of hydrazine groups is 1. The van der Waals surface area contributed by atoms with Crippen LogP contribution in [0.3, 0.4) is 0 Å². The van der Waals surface area contributed by atoms with E-state index < -0.39 is 6.03 Å². The zero-order valence-corrected chi connectivity index (χ0v) is 18.4. The zero-order valence-electron chi connectivity index (χ0n) is 18.4. The van der Waals surface area contributed by atoms with Crippen molar-refractivity contribution >= 4 is 11.7 Å². The van der Waals surface area contributed by atoms with Crippen molar-refractivity contribution in [3.8, 4) is 22.8 Å². The number of pyridine rings is 2. The van der Waals surface area contributed by atoms with Gasteiger partial charge in [0.25, 0.3) is 0 Å². The summed E-state index contributed by atoms with van der Waals surface area (Å²) in [5.74, 6) is 1.36. The number of methoxy groups -OCH3 is 1. The van der Waals surface area contributed by atoms with E-state index in [1.807, 2.05) is 24.3 Å². The van der Waals surface area contributed by atoms with Gasteiger partial charge in [0, 0.05) is 41.9 Å². The summed E-state index contributed by atoms with van der Waals surface area (Å²) in [5.41, 5.74) is 11.0. The molecule has 2 amide bonds. The van der Waals surface area contributed by atoms with Crippen LogP contribution in [0.15, 0.2) is 48.8 Å². The first-order valence-corrected chi connectivity index (χ1v) is 10.6. The minimum Gasteiger partial charge on any atom is -0.481 e. The Bertz CT molecular complexity index is 1120. The Morgan fingerprint density at radius 1 is 1.06 bits per heavy atom. The van der Waals surface area contributed by atoms with Crippen LogP contribution in [0, 0.1) is 0 Å². The molecule has 1 aliphatic rings. The molecule has 1 aliphatic carbocycles. The van der Waals surface area contributed by atoms with Crippen molar-refractivity contribution in [2.24, 2.45) is 0 Å². The molecule has 0 spiro atoms. The third kappa shape index (κ3) is 4.81. The summed E-state index contributed by atoms with van der Waals surface area (Å²) in [6.07, 6.45) is 6.36. The number of anilines is 1. The maximum Gasteiger partial charge on any atom is 0.336 e. The van der Waals surface area contributed by atoms with E-state index in [0.717, 1.165) is 47.3 Å². The second-order valence-corrected chi connectivity index (χ2v) is 7.92. The van der Waals surface area contributed by atoms with E-state index in [9.17, 15) is 4.79 Å². The molecule has 1 aromatic carbocycles. The molecular formula is C24H27N5O3. The van der Waals surface area contributed by atoms with E-state index in [1.54, 1.807) is 25.6 Å². The highest BCUT2D eigenvalue weighted by atomic mass is 16.7. The number of hydrogen-bond acceptors (Lipinski definition) is 6. The maximum absolute atomic E-state index is 12.7. The van der Waals surface area contributed by atoms with Crippen LogP contribution in [0.1, 0.15) is 43.0 Å². The number of hydrogen-bond donors (Lipinski definition) is 3. The normalized spacial score (nSPS) is 12.4. The largest absolute Gasteiger partial charge is 0.481 e. The van der Waals surface area contributed by atoms with E-state index in [0.29, 0.717) is 11.6 Å². The van der Waals surface area contributed by atoms with Crippen molar-refractivity contribution in [1.82, 2.24) is 21.0 Å². The monoisotopic (exact) mass is 433 g/mol. The number of urea groups is 1. The number of nitrogens with one attached hydrogen (secondary N) is 3. The molecule has 8 nitrogen and oxygen atoms in total. The Balaban J connectivity index is 1.49. The summed E-state index contributed by atoms with van der Waals surface area (Å²) in [6, 6.07) is 11.0. The van der Waals surface area contributed by atoms with Crippen LogP contribution in [-0.4, -0.2) is 23.1 Å². The molecular weight excluding hydrogens is 406 g/mol. The van der Waals surface area contributed by atoms with Crippen molar-refractivity contribution in [3.05, 3.63) is 65.6 Å². The van der Waals surface area contributed by atoms with E-state index in [1.165, 1.54) is 5.56 Å². The standard InChI is InChI=1S/C24H27N5O3/c1-15(2)21-14-18(10-12-25-21)32-29-28-24(30)27-23-19-6-4-5-16(19)7-8-20(23)17-9-11-26-22(13-17)31-3/h7-15,29H,4-6H2,1-3H3,(H2,27,28,30). The van der Waals surface area contributed by atoms with Gasteiger partial charge in [0.05, 0.1) is 12.8 Å². The van der Waals surface area contributed by atoms with Gasteiger partial charge in [-0.3, -0.25) is 4.98 Å². The first-order valence-electron chi connectivity index (χ1n) is 10.6. The summed E-state index contributed by atoms with van der Waals surface area (Å²) in [5, 5.41) is 3.00. The summed E-state index contributed by atoms with van der Waals surface area (Å²) >= 11 is 0. The Morgan fingerprint density at radius 3 is 2.72 bits per heavy atom. The van der Waals surface area contributed by atoms with Gasteiger partial charge in [0.1, 0.15) is 0 Å². The molecule has 32 heavy (non-hydrogen) atoms. The number of fused-ring (bicyclic) bond motifs is 1. The number of aryl methyl sites for hydroxylation is 1.